The van der Waals surface area contributed by atoms with Crippen LogP contribution in [0.15, 0.2) is 60.7 Å². The van der Waals surface area contributed by atoms with Gasteiger partial charge in [-0.2, -0.15) is 0 Å². The number of carbonyl (C=O) groups is 2. The first-order valence-corrected chi connectivity index (χ1v) is 9.87. The first-order chi connectivity index (χ1) is 14.0. The summed E-state index contributed by atoms with van der Waals surface area (Å²) in [5, 5.41) is 2.91. The van der Waals surface area contributed by atoms with E-state index in [0.29, 0.717) is 19.7 Å². The molecular weight excluding hydrogens is 368 g/mol. The molecule has 1 saturated heterocycles. The van der Waals surface area contributed by atoms with Crippen molar-refractivity contribution in [3.05, 3.63) is 71.8 Å². The average Bonchev–Trinajstić information content (AvgIpc) is 2.71. The predicted molar refractivity (Wildman–Crippen MR) is 110 cm³/mol. The molecule has 6 nitrogen and oxygen atoms in total. The van der Waals surface area contributed by atoms with Gasteiger partial charge in [0.2, 0.25) is 5.91 Å². The van der Waals surface area contributed by atoms with Crippen molar-refractivity contribution in [1.29, 1.82) is 0 Å². The van der Waals surface area contributed by atoms with Crippen molar-refractivity contribution in [2.45, 2.75) is 45.2 Å². The van der Waals surface area contributed by atoms with Crippen LogP contribution in [0.25, 0.3) is 0 Å². The Morgan fingerprint density at radius 3 is 2.14 bits per heavy atom. The Labute approximate surface area is 171 Å². The number of carbonyl (C=O) groups excluding carboxylic acids is 2. The van der Waals surface area contributed by atoms with E-state index in [1.807, 2.05) is 48.5 Å². The van der Waals surface area contributed by atoms with Crippen LogP contribution in [0.4, 0.5) is 0 Å². The minimum absolute atomic E-state index is 0.00313. The zero-order valence-electron chi connectivity index (χ0n) is 16.9. The van der Waals surface area contributed by atoms with Crippen LogP contribution in [0, 0.1) is 0 Å². The number of hydrogen-bond donors (Lipinski definition) is 1. The fourth-order valence-corrected chi connectivity index (χ4v) is 3.67. The van der Waals surface area contributed by atoms with Gasteiger partial charge in [-0.15, -0.1) is 0 Å². The Hall–Kier alpha value is -2.70. The van der Waals surface area contributed by atoms with Crippen LogP contribution in [-0.4, -0.2) is 48.1 Å². The number of amides is 1. The lowest BCUT2D eigenvalue weighted by atomic mass is 9.88. The Morgan fingerprint density at radius 1 is 0.931 bits per heavy atom. The van der Waals surface area contributed by atoms with Gasteiger partial charge in [-0.25, -0.2) is 0 Å². The number of nitrogens with one attached hydrogen (secondary N) is 1. The van der Waals surface area contributed by atoms with E-state index in [2.05, 4.69) is 22.3 Å². The summed E-state index contributed by atoms with van der Waals surface area (Å²) in [4.78, 5) is 25.1. The van der Waals surface area contributed by atoms with Crippen molar-refractivity contribution in [1.82, 2.24) is 10.2 Å². The van der Waals surface area contributed by atoms with E-state index in [1.54, 1.807) is 0 Å². The van der Waals surface area contributed by atoms with Crippen LogP contribution < -0.4 is 5.32 Å². The summed E-state index contributed by atoms with van der Waals surface area (Å²) in [6.45, 7) is 4.83. The van der Waals surface area contributed by atoms with Crippen molar-refractivity contribution < 1.29 is 19.1 Å². The van der Waals surface area contributed by atoms with Crippen LogP contribution in [-0.2, 0) is 32.2 Å². The minimum Gasteiger partial charge on any atom is -0.464 e. The van der Waals surface area contributed by atoms with Crippen molar-refractivity contribution in [2.75, 3.05) is 13.2 Å². The number of benzene rings is 2. The molecule has 0 aromatic heterocycles. The Morgan fingerprint density at radius 2 is 1.55 bits per heavy atom. The lowest BCUT2D eigenvalue weighted by Crippen LogP contribution is -2.72. The first-order valence-electron chi connectivity index (χ1n) is 9.87. The van der Waals surface area contributed by atoms with Gasteiger partial charge in [-0.3, -0.25) is 14.5 Å². The van der Waals surface area contributed by atoms with Crippen LogP contribution in [0.2, 0.25) is 0 Å². The SMILES string of the molecule is CC(=O)NCC1C(OCc2ccccc2)C(COC(C)=O)N1Cc1ccccc1. The van der Waals surface area contributed by atoms with E-state index in [0.717, 1.165) is 11.1 Å². The Bertz CT molecular complexity index is 771. The van der Waals surface area contributed by atoms with E-state index >= 15 is 0 Å². The zero-order valence-corrected chi connectivity index (χ0v) is 16.9. The van der Waals surface area contributed by atoms with Crippen LogP contribution in [0.3, 0.4) is 0 Å². The summed E-state index contributed by atoms with van der Waals surface area (Å²) < 4.78 is 11.6. The molecule has 0 saturated carbocycles. The highest BCUT2D eigenvalue weighted by Gasteiger charge is 2.49. The quantitative estimate of drug-likeness (QED) is 0.660. The molecule has 1 N–H and O–H groups in total. The number of esters is 1. The summed E-state index contributed by atoms with van der Waals surface area (Å²) in [6.07, 6.45) is -0.148. The summed E-state index contributed by atoms with van der Waals surface area (Å²) >= 11 is 0. The van der Waals surface area contributed by atoms with E-state index in [-0.39, 0.29) is 36.7 Å². The van der Waals surface area contributed by atoms with E-state index in [1.165, 1.54) is 13.8 Å². The fourth-order valence-electron chi connectivity index (χ4n) is 3.67. The van der Waals surface area contributed by atoms with E-state index < -0.39 is 0 Å². The van der Waals surface area contributed by atoms with Gasteiger partial charge in [-0.1, -0.05) is 60.7 Å². The molecule has 2 aromatic rings. The maximum Gasteiger partial charge on any atom is 0.302 e. The molecule has 0 aliphatic carbocycles. The number of ether oxygens (including phenoxy) is 2. The largest absolute Gasteiger partial charge is 0.464 e. The highest BCUT2D eigenvalue weighted by Crippen LogP contribution is 2.32. The van der Waals surface area contributed by atoms with E-state index in [4.69, 9.17) is 9.47 Å². The third kappa shape index (κ3) is 5.89. The number of rotatable bonds is 9. The first kappa shape index (κ1) is 21.0. The highest BCUT2D eigenvalue weighted by atomic mass is 16.5. The van der Waals surface area contributed by atoms with Gasteiger partial charge in [0.1, 0.15) is 6.61 Å². The fraction of sp³-hybridized carbons (Fsp3) is 0.391. The lowest BCUT2D eigenvalue weighted by molar-refractivity contribution is -0.182. The molecule has 2 aromatic carbocycles. The molecule has 29 heavy (non-hydrogen) atoms. The average molecular weight is 396 g/mol. The van der Waals surface area contributed by atoms with Gasteiger partial charge in [0.15, 0.2) is 0 Å². The molecule has 3 unspecified atom stereocenters. The van der Waals surface area contributed by atoms with Gasteiger partial charge in [0, 0.05) is 26.9 Å². The molecule has 1 fully saturated rings. The molecule has 3 rings (SSSR count). The third-order valence-corrected chi connectivity index (χ3v) is 5.12. The Balaban J connectivity index is 1.74. The zero-order chi connectivity index (χ0) is 20.6. The normalized spacial score (nSPS) is 21.2. The van der Waals surface area contributed by atoms with Crippen LogP contribution >= 0.6 is 0 Å². The predicted octanol–water partition coefficient (Wildman–Crippen LogP) is 2.52. The molecule has 3 atom stereocenters. The Kier molecular flexibility index (Phi) is 7.38. The van der Waals surface area contributed by atoms with Gasteiger partial charge in [-0.05, 0) is 11.1 Å². The summed E-state index contributed by atoms with van der Waals surface area (Å²) in [5.74, 6) is -0.383. The van der Waals surface area contributed by atoms with Crippen LogP contribution in [0.1, 0.15) is 25.0 Å². The van der Waals surface area contributed by atoms with Crippen molar-refractivity contribution in [3.8, 4) is 0 Å². The van der Waals surface area contributed by atoms with Crippen molar-refractivity contribution in [3.63, 3.8) is 0 Å². The van der Waals surface area contributed by atoms with Crippen molar-refractivity contribution in [2.24, 2.45) is 0 Å². The van der Waals surface area contributed by atoms with Gasteiger partial charge in [0.25, 0.3) is 0 Å². The standard InChI is InChI=1S/C23H28N2O4/c1-17(26)24-13-21-23(29-15-20-11-7-4-8-12-20)22(16-28-18(2)27)25(21)14-19-9-5-3-6-10-19/h3-12,21-23H,13-16H2,1-2H3,(H,24,26). The summed E-state index contributed by atoms with van der Waals surface area (Å²) in [6, 6.07) is 20.0. The van der Waals surface area contributed by atoms with E-state index in [9.17, 15) is 9.59 Å². The van der Waals surface area contributed by atoms with Crippen LogP contribution in [0.5, 0.6) is 0 Å². The molecule has 6 heteroatoms. The molecule has 1 heterocycles. The topological polar surface area (TPSA) is 67.9 Å². The maximum atomic E-state index is 11.5. The molecule has 1 amide bonds. The molecule has 0 spiro atoms. The number of hydrogen-bond acceptors (Lipinski definition) is 5. The number of nitrogens with zero attached hydrogens (tertiary/aromatic N) is 1. The summed E-state index contributed by atoms with van der Waals surface area (Å²) in [7, 11) is 0. The molecule has 1 aliphatic heterocycles. The smallest absolute Gasteiger partial charge is 0.302 e. The van der Waals surface area contributed by atoms with Gasteiger partial charge >= 0.3 is 5.97 Å². The molecule has 0 radical (unpaired) electrons. The summed E-state index contributed by atoms with van der Waals surface area (Å²) in [5.41, 5.74) is 2.24. The molecule has 1 aliphatic rings. The molecule has 154 valence electrons. The lowest BCUT2D eigenvalue weighted by Gasteiger charge is -2.54. The van der Waals surface area contributed by atoms with Gasteiger partial charge in [0.05, 0.1) is 24.8 Å². The second-order valence-electron chi connectivity index (χ2n) is 7.29. The van der Waals surface area contributed by atoms with Gasteiger partial charge < -0.3 is 14.8 Å². The minimum atomic E-state index is -0.309. The molecule has 0 bridgehead atoms. The second kappa shape index (κ2) is 10.2. The second-order valence-corrected chi connectivity index (χ2v) is 7.29. The molecular formula is C23H28N2O4. The van der Waals surface area contributed by atoms with Crippen molar-refractivity contribution >= 4 is 11.9 Å². The third-order valence-electron chi connectivity index (χ3n) is 5.12. The monoisotopic (exact) mass is 396 g/mol. The maximum absolute atomic E-state index is 11.5. The number of likely N-dealkylation sites (tertiary alicyclic amines) is 1. The highest BCUT2D eigenvalue weighted by molar-refractivity contribution is 5.72.